The van der Waals surface area contributed by atoms with Crippen LogP contribution < -0.4 is 4.74 Å². The molecule has 0 unspecified atom stereocenters. The van der Waals surface area contributed by atoms with Gasteiger partial charge in [-0.2, -0.15) is 0 Å². The number of nitrogens with zero attached hydrogens (tertiary/aromatic N) is 3. The molecule has 1 aromatic heterocycles. The van der Waals surface area contributed by atoms with E-state index >= 15 is 0 Å². The first-order valence-corrected chi connectivity index (χ1v) is 13.1. The maximum atomic E-state index is 12.8. The minimum absolute atomic E-state index is 0.0956. The predicted molar refractivity (Wildman–Crippen MR) is 130 cm³/mol. The first kappa shape index (κ1) is 23.2. The number of para-hydroxylation sites is 1. The van der Waals surface area contributed by atoms with Crippen molar-refractivity contribution in [1.29, 1.82) is 0 Å². The normalized spacial score (nSPS) is 20.3. The molecule has 5 nitrogen and oxygen atoms in total. The zero-order valence-corrected chi connectivity index (χ0v) is 20.4. The zero-order valence-electron chi connectivity index (χ0n) is 19.6. The van der Waals surface area contributed by atoms with Gasteiger partial charge in [-0.25, -0.2) is 4.98 Å². The van der Waals surface area contributed by atoms with Crippen molar-refractivity contribution in [2.75, 3.05) is 39.3 Å². The zero-order chi connectivity index (χ0) is 22.4. The summed E-state index contributed by atoms with van der Waals surface area (Å²) in [7, 11) is 0. The summed E-state index contributed by atoms with van der Waals surface area (Å²) in [4.78, 5) is 21.7. The Morgan fingerprint density at radius 1 is 1.16 bits per heavy atom. The molecule has 2 aliphatic heterocycles. The summed E-state index contributed by atoms with van der Waals surface area (Å²) in [5, 5.41) is 1.87. The molecule has 0 bridgehead atoms. The maximum absolute atomic E-state index is 12.8. The molecular weight excluding hydrogens is 418 g/mol. The minimum atomic E-state index is 0.0956. The monoisotopic (exact) mass is 455 g/mol. The van der Waals surface area contributed by atoms with Gasteiger partial charge in [-0.3, -0.25) is 9.69 Å². The van der Waals surface area contributed by atoms with Gasteiger partial charge in [0.1, 0.15) is 18.1 Å². The fourth-order valence-corrected chi connectivity index (χ4v) is 5.85. The van der Waals surface area contributed by atoms with Crippen molar-refractivity contribution in [1.82, 2.24) is 14.8 Å². The highest BCUT2D eigenvalue weighted by Gasteiger charge is 2.37. The second-order valence-electron chi connectivity index (χ2n) is 9.96. The van der Waals surface area contributed by atoms with Crippen LogP contribution in [-0.4, -0.2) is 60.0 Å². The van der Waals surface area contributed by atoms with Crippen LogP contribution in [0.5, 0.6) is 5.75 Å². The van der Waals surface area contributed by atoms with Crippen LogP contribution in [0, 0.1) is 11.3 Å². The average molecular weight is 456 g/mol. The summed E-state index contributed by atoms with van der Waals surface area (Å²) in [6.07, 6.45) is 6.89. The Hall–Kier alpha value is -1.92. The SMILES string of the molecule is CC(C)CN1CCOc2ccccc2CCCCC2(CCN(C(=O)c3cscn3)CC2)C1. The molecule has 4 rings (SSSR count). The number of benzene rings is 1. The molecule has 1 saturated heterocycles. The van der Waals surface area contributed by atoms with Gasteiger partial charge < -0.3 is 9.64 Å². The number of likely N-dealkylation sites (tertiary alicyclic amines) is 1. The van der Waals surface area contributed by atoms with Crippen molar-refractivity contribution >= 4 is 17.2 Å². The maximum Gasteiger partial charge on any atom is 0.273 e. The Bertz CT molecular complexity index is 860. The average Bonchev–Trinajstić information content (AvgIpc) is 3.31. The highest BCUT2D eigenvalue weighted by Crippen LogP contribution is 2.39. The number of aromatic nitrogens is 1. The first-order chi connectivity index (χ1) is 15.5. The number of carbonyl (C=O) groups is 1. The fourth-order valence-electron chi connectivity index (χ4n) is 5.33. The van der Waals surface area contributed by atoms with Gasteiger partial charge in [0.15, 0.2) is 0 Å². The molecule has 3 heterocycles. The van der Waals surface area contributed by atoms with Crippen LogP contribution in [0.2, 0.25) is 0 Å². The van der Waals surface area contributed by atoms with E-state index < -0.39 is 0 Å². The molecule has 0 saturated carbocycles. The molecule has 2 aromatic rings. The predicted octanol–water partition coefficient (Wildman–Crippen LogP) is 5.13. The van der Waals surface area contributed by atoms with Crippen LogP contribution in [-0.2, 0) is 6.42 Å². The summed E-state index contributed by atoms with van der Waals surface area (Å²) < 4.78 is 6.24. The van der Waals surface area contributed by atoms with Crippen molar-refractivity contribution in [2.24, 2.45) is 11.3 Å². The third-order valence-corrected chi connectivity index (χ3v) is 7.57. The number of ether oxygens (including phenoxy) is 1. The van der Waals surface area contributed by atoms with Crippen LogP contribution >= 0.6 is 11.3 Å². The number of fused-ring (bicyclic) bond motifs is 1. The van der Waals surface area contributed by atoms with Gasteiger partial charge in [-0.05, 0) is 55.1 Å². The van der Waals surface area contributed by atoms with E-state index in [9.17, 15) is 4.79 Å². The quantitative estimate of drug-likeness (QED) is 0.644. The van der Waals surface area contributed by atoms with E-state index in [2.05, 4.69) is 48.0 Å². The van der Waals surface area contributed by atoms with E-state index in [4.69, 9.17) is 4.74 Å². The number of hydrogen-bond donors (Lipinski definition) is 0. The van der Waals surface area contributed by atoms with Crippen LogP contribution in [0.4, 0.5) is 0 Å². The molecule has 174 valence electrons. The van der Waals surface area contributed by atoms with Gasteiger partial charge in [0, 0.05) is 38.1 Å². The second kappa shape index (κ2) is 10.8. The van der Waals surface area contributed by atoms with Crippen LogP contribution in [0.25, 0.3) is 0 Å². The van der Waals surface area contributed by atoms with E-state index in [-0.39, 0.29) is 11.3 Å². The number of aryl methyl sites for hydroxylation is 1. The molecule has 6 heteroatoms. The number of hydrogen-bond acceptors (Lipinski definition) is 5. The van der Waals surface area contributed by atoms with E-state index in [1.54, 1.807) is 5.51 Å². The number of amides is 1. The Morgan fingerprint density at radius 3 is 2.72 bits per heavy atom. The third kappa shape index (κ3) is 5.90. The number of thiazole rings is 1. The smallest absolute Gasteiger partial charge is 0.273 e. The van der Waals surface area contributed by atoms with E-state index in [0.717, 1.165) is 64.3 Å². The lowest BCUT2D eigenvalue weighted by Crippen LogP contribution is -2.49. The van der Waals surface area contributed by atoms with Crippen LogP contribution in [0.1, 0.15) is 62.0 Å². The Kier molecular flexibility index (Phi) is 7.84. The Labute approximate surface area is 196 Å². The lowest BCUT2D eigenvalue weighted by molar-refractivity contribution is 0.0352. The minimum Gasteiger partial charge on any atom is -0.492 e. The van der Waals surface area contributed by atoms with E-state index in [0.29, 0.717) is 11.6 Å². The van der Waals surface area contributed by atoms with Crippen molar-refractivity contribution in [2.45, 2.75) is 52.4 Å². The molecule has 1 fully saturated rings. The third-order valence-electron chi connectivity index (χ3n) is 6.99. The largest absolute Gasteiger partial charge is 0.492 e. The lowest BCUT2D eigenvalue weighted by Gasteiger charge is -2.45. The summed E-state index contributed by atoms with van der Waals surface area (Å²) >= 11 is 1.49. The topological polar surface area (TPSA) is 45.7 Å². The van der Waals surface area contributed by atoms with Crippen LogP contribution in [0.15, 0.2) is 35.2 Å². The standard InChI is InChI=1S/C26H37N3O2S/c1-21(2)17-28-15-16-31-24-9-4-3-7-22(24)8-5-6-10-26(19-28)11-13-29(14-12-26)25(30)23-18-32-20-27-23/h3-4,7,9,18,20-21H,5-6,8,10-17,19H2,1-2H3. The van der Waals surface area contributed by atoms with Gasteiger partial charge in [0.2, 0.25) is 0 Å². The molecule has 32 heavy (non-hydrogen) atoms. The van der Waals surface area contributed by atoms with Gasteiger partial charge in [0.05, 0.1) is 5.51 Å². The van der Waals surface area contributed by atoms with Crippen molar-refractivity contribution in [3.63, 3.8) is 0 Å². The van der Waals surface area contributed by atoms with Gasteiger partial charge >= 0.3 is 0 Å². The first-order valence-electron chi connectivity index (χ1n) is 12.2. The second-order valence-corrected chi connectivity index (χ2v) is 10.7. The molecule has 1 aromatic carbocycles. The highest BCUT2D eigenvalue weighted by atomic mass is 32.1. The van der Waals surface area contributed by atoms with E-state index in [1.807, 2.05) is 10.3 Å². The molecule has 1 spiro atoms. The van der Waals surface area contributed by atoms with Crippen molar-refractivity contribution < 1.29 is 9.53 Å². The number of rotatable bonds is 3. The molecule has 0 aliphatic carbocycles. The Morgan fingerprint density at radius 2 is 1.97 bits per heavy atom. The highest BCUT2D eigenvalue weighted by molar-refractivity contribution is 7.07. The molecular formula is C26H37N3O2S. The summed E-state index contributed by atoms with van der Waals surface area (Å²) in [5.74, 6) is 1.78. The van der Waals surface area contributed by atoms with Gasteiger partial charge in [-0.15, -0.1) is 11.3 Å². The molecule has 1 amide bonds. The summed E-state index contributed by atoms with van der Waals surface area (Å²) in [6.45, 7) is 10.2. The molecule has 2 aliphatic rings. The summed E-state index contributed by atoms with van der Waals surface area (Å²) in [6, 6.07) is 8.53. The molecule has 0 radical (unpaired) electrons. The summed E-state index contributed by atoms with van der Waals surface area (Å²) in [5.41, 5.74) is 3.96. The molecule has 0 N–H and O–H groups in total. The van der Waals surface area contributed by atoms with Crippen molar-refractivity contribution in [3.8, 4) is 5.75 Å². The van der Waals surface area contributed by atoms with E-state index in [1.165, 1.54) is 36.2 Å². The van der Waals surface area contributed by atoms with Crippen LogP contribution in [0.3, 0.4) is 0 Å². The molecule has 0 atom stereocenters. The van der Waals surface area contributed by atoms with Gasteiger partial charge in [0.25, 0.3) is 5.91 Å². The number of carbonyl (C=O) groups excluding carboxylic acids is 1. The Balaban J connectivity index is 1.46. The van der Waals surface area contributed by atoms with Gasteiger partial charge in [-0.1, -0.05) is 38.5 Å². The van der Waals surface area contributed by atoms with Crippen molar-refractivity contribution in [3.05, 3.63) is 46.4 Å². The lowest BCUT2D eigenvalue weighted by atomic mass is 9.73. The number of piperidine rings is 1. The fraction of sp³-hybridized carbons (Fsp3) is 0.615.